The second-order valence-corrected chi connectivity index (χ2v) is 8.53. The van der Waals surface area contributed by atoms with Gasteiger partial charge in [0.25, 0.3) is 10.0 Å². The van der Waals surface area contributed by atoms with Crippen LogP contribution in [-0.4, -0.2) is 26.4 Å². The average Bonchev–Trinajstić information content (AvgIpc) is 2.95. The zero-order valence-electron chi connectivity index (χ0n) is 15.8. The first-order valence-electron chi connectivity index (χ1n) is 9.11. The van der Waals surface area contributed by atoms with Crippen molar-refractivity contribution in [1.82, 2.24) is 4.31 Å². The third kappa shape index (κ3) is 4.99. The van der Waals surface area contributed by atoms with Crippen LogP contribution in [0.25, 0.3) is 0 Å². The summed E-state index contributed by atoms with van der Waals surface area (Å²) in [5.41, 5.74) is 3.25. The molecule has 1 aliphatic rings. The minimum atomic E-state index is -3.48. The second kappa shape index (κ2) is 9.60. The molecule has 1 N–H and O–H groups in total. The van der Waals surface area contributed by atoms with E-state index < -0.39 is 10.0 Å². The Balaban J connectivity index is 0.00000312. The summed E-state index contributed by atoms with van der Waals surface area (Å²) in [5.74, 6) is 0. The zero-order valence-corrected chi connectivity index (χ0v) is 17.4. The SMILES string of the molecule is CCCc1cc(CCC)c(S(=O)(=O)N2C=C[NH+](C)C2)c(CCC)c1.[Cl-]. The van der Waals surface area contributed by atoms with Crippen LogP contribution in [0.1, 0.15) is 56.7 Å². The number of sulfonamides is 1. The van der Waals surface area contributed by atoms with E-state index in [1.165, 1.54) is 9.87 Å². The maximum absolute atomic E-state index is 13.3. The third-order valence-corrected chi connectivity index (χ3v) is 6.29. The van der Waals surface area contributed by atoms with E-state index >= 15 is 0 Å². The van der Waals surface area contributed by atoms with E-state index in [-0.39, 0.29) is 12.4 Å². The number of hydrogen-bond donors (Lipinski definition) is 1. The summed E-state index contributed by atoms with van der Waals surface area (Å²) in [5, 5.41) is 0. The number of nitrogens with zero attached hydrogens (tertiary/aromatic N) is 1. The van der Waals surface area contributed by atoms with Gasteiger partial charge in [0.1, 0.15) is 6.20 Å². The van der Waals surface area contributed by atoms with Gasteiger partial charge in [0.05, 0.1) is 18.1 Å². The number of quaternary nitrogens is 1. The molecule has 0 aromatic heterocycles. The monoisotopic (exact) mass is 386 g/mol. The van der Waals surface area contributed by atoms with Crippen LogP contribution in [0.15, 0.2) is 29.4 Å². The molecule has 1 aromatic carbocycles. The van der Waals surface area contributed by atoms with Crippen molar-refractivity contribution in [3.8, 4) is 0 Å². The van der Waals surface area contributed by atoms with Crippen LogP contribution in [0, 0.1) is 0 Å². The van der Waals surface area contributed by atoms with Crippen molar-refractivity contribution in [3.05, 3.63) is 41.2 Å². The first-order chi connectivity index (χ1) is 11.4. The molecule has 1 aromatic rings. The largest absolute Gasteiger partial charge is 1.00 e. The Morgan fingerprint density at radius 2 is 1.52 bits per heavy atom. The standard InChI is InChI=1S/C19H30N2O2S.ClH/c1-5-8-16-13-17(9-6-2)19(18(14-16)10-7-3)24(22,23)21-12-11-20(4)15-21;/h11-14H,5-10,15H2,1-4H3;1H. The Kier molecular flexibility index (Phi) is 8.45. The molecule has 6 heteroatoms. The minimum absolute atomic E-state index is 0. The lowest BCUT2D eigenvalue weighted by atomic mass is 9.97. The van der Waals surface area contributed by atoms with Gasteiger partial charge in [-0.2, -0.15) is 0 Å². The van der Waals surface area contributed by atoms with Crippen molar-refractivity contribution in [2.24, 2.45) is 0 Å². The smallest absolute Gasteiger partial charge is 0.268 e. The van der Waals surface area contributed by atoms with E-state index in [0.29, 0.717) is 11.6 Å². The number of nitrogens with one attached hydrogen (secondary N) is 1. The summed E-state index contributed by atoms with van der Waals surface area (Å²) >= 11 is 0. The van der Waals surface area contributed by atoms with E-state index in [1.807, 2.05) is 13.2 Å². The molecule has 1 aliphatic heterocycles. The molecule has 1 atom stereocenters. The van der Waals surface area contributed by atoms with Gasteiger partial charge < -0.3 is 12.4 Å². The molecule has 0 fully saturated rings. The molecule has 4 nitrogen and oxygen atoms in total. The van der Waals surface area contributed by atoms with Gasteiger partial charge in [0, 0.05) is 0 Å². The Labute approximate surface area is 159 Å². The number of aryl methyl sites for hydroxylation is 3. The Bertz CT molecular complexity index is 674. The number of hydrogen-bond acceptors (Lipinski definition) is 2. The molecule has 0 amide bonds. The highest BCUT2D eigenvalue weighted by atomic mass is 35.5. The molecule has 2 rings (SSSR count). The summed E-state index contributed by atoms with van der Waals surface area (Å²) in [6.07, 6.45) is 9.19. The van der Waals surface area contributed by atoms with E-state index in [9.17, 15) is 8.42 Å². The summed E-state index contributed by atoms with van der Waals surface area (Å²) in [6, 6.07) is 4.24. The van der Waals surface area contributed by atoms with Gasteiger partial charge in [0.2, 0.25) is 0 Å². The number of benzene rings is 1. The highest BCUT2D eigenvalue weighted by Crippen LogP contribution is 2.29. The van der Waals surface area contributed by atoms with Gasteiger partial charge in [-0.05, 0) is 36.0 Å². The van der Waals surface area contributed by atoms with Crippen LogP contribution >= 0.6 is 0 Å². The van der Waals surface area contributed by atoms with Crippen molar-refractivity contribution >= 4 is 10.0 Å². The first kappa shape index (κ1) is 22.0. The maximum Gasteiger partial charge on any atom is 0.268 e. The predicted molar refractivity (Wildman–Crippen MR) is 98.3 cm³/mol. The van der Waals surface area contributed by atoms with E-state index in [0.717, 1.165) is 54.6 Å². The lowest BCUT2D eigenvalue weighted by Crippen LogP contribution is -3.03. The molecule has 25 heavy (non-hydrogen) atoms. The molecule has 1 unspecified atom stereocenters. The fourth-order valence-electron chi connectivity index (χ4n) is 3.34. The molecule has 0 saturated carbocycles. The van der Waals surface area contributed by atoms with Crippen molar-refractivity contribution in [3.63, 3.8) is 0 Å². The van der Waals surface area contributed by atoms with Gasteiger partial charge in [-0.25, -0.2) is 12.7 Å². The van der Waals surface area contributed by atoms with E-state index in [2.05, 4.69) is 32.9 Å². The molecule has 0 bridgehead atoms. The zero-order chi connectivity index (χ0) is 17.7. The first-order valence-corrected chi connectivity index (χ1v) is 10.5. The lowest BCUT2D eigenvalue weighted by molar-refractivity contribution is -0.824. The van der Waals surface area contributed by atoms with Crippen LogP contribution in [0.2, 0.25) is 0 Å². The van der Waals surface area contributed by atoms with Crippen LogP contribution in [-0.2, 0) is 29.3 Å². The molecule has 0 aliphatic carbocycles. The molecule has 0 saturated heterocycles. The summed E-state index contributed by atoms with van der Waals surface area (Å²) in [6.45, 7) is 6.85. The van der Waals surface area contributed by atoms with Gasteiger partial charge >= 0.3 is 0 Å². The second-order valence-electron chi connectivity index (χ2n) is 6.71. The van der Waals surface area contributed by atoms with Crippen molar-refractivity contribution in [2.75, 3.05) is 13.7 Å². The molecular formula is C19H31ClN2O2S. The summed E-state index contributed by atoms with van der Waals surface area (Å²) < 4.78 is 28.1. The summed E-state index contributed by atoms with van der Waals surface area (Å²) in [4.78, 5) is 1.64. The van der Waals surface area contributed by atoms with Crippen LogP contribution in [0.3, 0.4) is 0 Å². The molecule has 0 radical (unpaired) electrons. The van der Waals surface area contributed by atoms with Gasteiger partial charge in [-0.15, -0.1) is 0 Å². The number of halogens is 1. The Morgan fingerprint density at radius 1 is 1.00 bits per heavy atom. The predicted octanol–water partition coefficient (Wildman–Crippen LogP) is -0.504. The quantitative estimate of drug-likeness (QED) is 0.654. The van der Waals surface area contributed by atoms with Crippen LogP contribution in [0.5, 0.6) is 0 Å². The van der Waals surface area contributed by atoms with Crippen molar-refractivity contribution < 1.29 is 25.7 Å². The highest BCUT2D eigenvalue weighted by Gasteiger charge is 2.32. The minimum Gasteiger partial charge on any atom is -1.00 e. The maximum atomic E-state index is 13.3. The fraction of sp³-hybridized carbons (Fsp3) is 0.579. The average molecular weight is 387 g/mol. The van der Waals surface area contributed by atoms with Gasteiger partial charge in [-0.3, -0.25) is 4.90 Å². The molecule has 142 valence electrons. The highest BCUT2D eigenvalue weighted by molar-refractivity contribution is 7.89. The van der Waals surface area contributed by atoms with E-state index in [1.54, 1.807) is 6.20 Å². The van der Waals surface area contributed by atoms with Crippen molar-refractivity contribution in [1.29, 1.82) is 0 Å². The van der Waals surface area contributed by atoms with E-state index in [4.69, 9.17) is 0 Å². The topological polar surface area (TPSA) is 41.8 Å². The van der Waals surface area contributed by atoms with Crippen LogP contribution in [0.4, 0.5) is 0 Å². The molecule has 0 spiro atoms. The summed E-state index contributed by atoms with van der Waals surface area (Å²) in [7, 11) is -1.51. The normalized spacial score (nSPS) is 17.0. The lowest BCUT2D eigenvalue weighted by Gasteiger charge is -2.21. The van der Waals surface area contributed by atoms with Gasteiger partial charge in [0.15, 0.2) is 6.67 Å². The fourth-order valence-corrected chi connectivity index (χ4v) is 5.16. The molecule has 1 heterocycles. The third-order valence-electron chi connectivity index (χ3n) is 4.38. The Hall–Kier alpha value is -1.04. The van der Waals surface area contributed by atoms with Gasteiger partial charge in [-0.1, -0.05) is 52.2 Å². The molecular weight excluding hydrogens is 356 g/mol. The van der Waals surface area contributed by atoms with Crippen molar-refractivity contribution in [2.45, 2.75) is 64.2 Å². The number of rotatable bonds is 8. The Morgan fingerprint density at radius 3 is 1.92 bits per heavy atom. The van der Waals surface area contributed by atoms with Crippen LogP contribution < -0.4 is 17.3 Å².